The molecule has 0 atom stereocenters. The smallest absolute Gasteiger partial charge is 0.257 e. The van der Waals surface area contributed by atoms with Gasteiger partial charge in [0.1, 0.15) is 5.75 Å². The van der Waals surface area contributed by atoms with Crippen LogP contribution in [0.1, 0.15) is 17.3 Å². The number of hydrogen-bond donors (Lipinski definition) is 1. The molecule has 0 aliphatic carbocycles. The molecule has 0 radical (unpaired) electrons. The number of nitrogens with zero attached hydrogens (tertiary/aromatic N) is 3. The number of H-pyrrole nitrogens is 1. The van der Waals surface area contributed by atoms with Crippen LogP contribution in [-0.4, -0.2) is 65.2 Å². The van der Waals surface area contributed by atoms with Crippen LogP contribution in [0.3, 0.4) is 0 Å². The lowest BCUT2D eigenvalue weighted by atomic mass is 10.1. The van der Waals surface area contributed by atoms with Gasteiger partial charge in [-0.15, -0.1) is 6.58 Å². The van der Waals surface area contributed by atoms with Gasteiger partial charge in [-0.2, -0.15) is 5.10 Å². The zero-order valence-electron chi connectivity index (χ0n) is 14.9. The van der Waals surface area contributed by atoms with Gasteiger partial charge in [-0.05, 0) is 25.1 Å². The Morgan fingerprint density at radius 1 is 1.38 bits per heavy atom. The standard InChI is InChI=1S/C19H23ClN4O2/c1-3-7-23-8-10-24(11-9-23)19(25)15-13-21-22-18(15)14-5-6-17(26-4-2)16(20)12-14/h3,5-6,12-13H,1,4,7-11H2,2H3,(H,21,22). The van der Waals surface area contributed by atoms with Gasteiger partial charge in [-0.25, -0.2) is 0 Å². The average molecular weight is 375 g/mol. The molecule has 0 bridgehead atoms. The first kappa shape index (κ1) is 18.5. The molecule has 138 valence electrons. The van der Waals surface area contributed by atoms with Crippen LogP contribution in [0.5, 0.6) is 5.75 Å². The Labute approximate surface area is 158 Å². The van der Waals surface area contributed by atoms with Gasteiger partial charge in [0, 0.05) is 38.3 Å². The van der Waals surface area contributed by atoms with E-state index in [1.807, 2.05) is 30.0 Å². The first-order valence-electron chi connectivity index (χ1n) is 8.72. The second-order valence-corrected chi connectivity index (χ2v) is 6.53. The predicted octanol–water partition coefficient (Wildman–Crippen LogP) is 3.07. The third-order valence-corrected chi connectivity index (χ3v) is 4.73. The van der Waals surface area contributed by atoms with Crippen LogP contribution in [0, 0.1) is 0 Å². The molecule has 1 aliphatic rings. The predicted molar refractivity (Wildman–Crippen MR) is 103 cm³/mol. The van der Waals surface area contributed by atoms with E-state index in [1.54, 1.807) is 12.3 Å². The molecule has 1 saturated heterocycles. The van der Waals surface area contributed by atoms with E-state index in [2.05, 4.69) is 21.7 Å². The molecule has 7 heteroatoms. The highest BCUT2D eigenvalue weighted by Gasteiger charge is 2.25. The monoisotopic (exact) mass is 374 g/mol. The number of rotatable bonds is 6. The molecule has 0 spiro atoms. The van der Waals surface area contributed by atoms with E-state index in [0.29, 0.717) is 41.7 Å². The molecule has 0 saturated carbocycles. The number of piperazine rings is 1. The summed E-state index contributed by atoms with van der Waals surface area (Å²) in [6, 6.07) is 5.48. The molecular formula is C19H23ClN4O2. The molecule has 2 aromatic rings. The van der Waals surface area contributed by atoms with E-state index in [0.717, 1.165) is 25.2 Å². The first-order chi connectivity index (χ1) is 12.6. The Bertz CT molecular complexity index is 782. The lowest BCUT2D eigenvalue weighted by Gasteiger charge is -2.34. The molecule has 1 amide bonds. The maximum Gasteiger partial charge on any atom is 0.257 e. The molecule has 1 aromatic heterocycles. The summed E-state index contributed by atoms with van der Waals surface area (Å²) in [6.45, 7) is 10.2. The highest BCUT2D eigenvalue weighted by molar-refractivity contribution is 6.32. The van der Waals surface area contributed by atoms with Crippen molar-refractivity contribution in [3.63, 3.8) is 0 Å². The van der Waals surface area contributed by atoms with Crippen LogP contribution in [0.4, 0.5) is 0 Å². The summed E-state index contributed by atoms with van der Waals surface area (Å²) in [7, 11) is 0. The summed E-state index contributed by atoms with van der Waals surface area (Å²) in [5, 5.41) is 7.52. The van der Waals surface area contributed by atoms with Crippen molar-refractivity contribution in [2.75, 3.05) is 39.3 Å². The minimum atomic E-state index is -0.0167. The van der Waals surface area contributed by atoms with Crippen molar-refractivity contribution in [3.05, 3.63) is 47.6 Å². The number of nitrogens with one attached hydrogen (secondary N) is 1. The van der Waals surface area contributed by atoms with Crippen molar-refractivity contribution in [1.29, 1.82) is 0 Å². The van der Waals surface area contributed by atoms with Crippen molar-refractivity contribution >= 4 is 17.5 Å². The fraction of sp³-hybridized carbons (Fsp3) is 0.368. The quantitative estimate of drug-likeness (QED) is 0.789. The van der Waals surface area contributed by atoms with Crippen molar-refractivity contribution in [2.24, 2.45) is 0 Å². The fourth-order valence-corrected chi connectivity index (χ4v) is 3.32. The third-order valence-electron chi connectivity index (χ3n) is 4.44. The average Bonchev–Trinajstić information content (AvgIpc) is 3.13. The largest absolute Gasteiger partial charge is 0.492 e. The van der Waals surface area contributed by atoms with Gasteiger partial charge in [0.25, 0.3) is 5.91 Å². The molecule has 6 nitrogen and oxygen atoms in total. The van der Waals surface area contributed by atoms with E-state index in [-0.39, 0.29) is 5.91 Å². The van der Waals surface area contributed by atoms with E-state index in [4.69, 9.17) is 16.3 Å². The van der Waals surface area contributed by atoms with Gasteiger partial charge in [-0.3, -0.25) is 14.8 Å². The van der Waals surface area contributed by atoms with Gasteiger partial charge in [-0.1, -0.05) is 17.7 Å². The molecule has 1 aromatic carbocycles. The zero-order chi connectivity index (χ0) is 18.5. The zero-order valence-corrected chi connectivity index (χ0v) is 15.6. The molecule has 26 heavy (non-hydrogen) atoms. The first-order valence-corrected chi connectivity index (χ1v) is 9.10. The number of carbonyl (C=O) groups is 1. The molecule has 2 heterocycles. The van der Waals surface area contributed by atoms with Gasteiger partial charge in [0.05, 0.1) is 29.1 Å². The van der Waals surface area contributed by atoms with Gasteiger partial charge < -0.3 is 9.64 Å². The lowest BCUT2D eigenvalue weighted by Crippen LogP contribution is -2.48. The van der Waals surface area contributed by atoms with Crippen LogP contribution in [0.25, 0.3) is 11.3 Å². The molecular weight excluding hydrogens is 352 g/mol. The second kappa shape index (κ2) is 8.38. The van der Waals surface area contributed by atoms with Gasteiger partial charge >= 0.3 is 0 Å². The van der Waals surface area contributed by atoms with Crippen molar-refractivity contribution in [3.8, 4) is 17.0 Å². The van der Waals surface area contributed by atoms with Crippen molar-refractivity contribution in [1.82, 2.24) is 20.0 Å². The number of ether oxygens (including phenoxy) is 1. The SMILES string of the molecule is C=CCN1CCN(C(=O)c2cn[nH]c2-c2ccc(OCC)c(Cl)c2)CC1. The van der Waals surface area contributed by atoms with Crippen LogP contribution in [0.15, 0.2) is 37.1 Å². The van der Waals surface area contributed by atoms with E-state index in [1.165, 1.54) is 0 Å². The number of carbonyl (C=O) groups excluding carboxylic acids is 1. The Hall–Kier alpha value is -2.31. The third kappa shape index (κ3) is 3.92. The number of hydrogen-bond acceptors (Lipinski definition) is 4. The van der Waals surface area contributed by atoms with Crippen LogP contribution in [-0.2, 0) is 0 Å². The minimum absolute atomic E-state index is 0.0167. The Balaban J connectivity index is 1.77. The minimum Gasteiger partial charge on any atom is -0.492 e. The van der Waals surface area contributed by atoms with Crippen LogP contribution < -0.4 is 4.74 Å². The summed E-state index contributed by atoms with van der Waals surface area (Å²) in [6.07, 6.45) is 3.47. The maximum atomic E-state index is 12.9. The highest BCUT2D eigenvalue weighted by atomic mass is 35.5. The second-order valence-electron chi connectivity index (χ2n) is 6.12. The molecule has 1 fully saturated rings. The highest BCUT2D eigenvalue weighted by Crippen LogP contribution is 2.31. The summed E-state index contributed by atoms with van der Waals surface area (Å²) < 4.78 is 5.47. The summed E-state index contributed by atoms with van der Waals surface area (Å²) >= 11 is 6.28. The van der Waals surface area contributed by atoms with E-state index in [9.17, 15) is 4.79 Å². The Kier molecular flexibility index (Phi) is 5.96. The molecule has 3 rings (SSSR count). The fourth-order valence-electron chi connectivity index (χ4n) is 3.08. The maximum absolute atomic E-state index is 12.9. The number of halogens is 1. The summed E-state index contributed by atoms with van der Waals surface area (Å²) in [4.78, 5) is 17.1. The van der Waals surface area contributed by atoms with E-state index >= 15 is 0 Å². The van der Waals surface area contributed by atoms with Gasteiger partial charge in [0.2, 0.25) is 0 Å². The van der Waals surface area contributed by atoms with E-state index < -0.39 is 0 Å². The van der Waals surface area contributed by atoms with Gasteiger partial charge in [0.15, 0.2) is 0 Å². The molecule has 1 aliphatic heterocycles. The Morgan fingerprint density at radius 3 is 2.81 bits per heavy atom. The number of aromatic nitrogens is 2. The van der Waals surface area contributed by atoms with Crippen LogP contribution in [0.2, 0.25) is 5.02 Å². The lowest BCUT2D eigenvalue weighted by molar-refractivity contribution is 0.0651. The Morgan fingerprint density at radius 2 is 2.15 bits per heavy atom. The number of aromatic amines is 1. The van der Waals surface area contributed by atoms with Crippen molar-refractivity contribution < 1.29 is 9.53 Å². The number of amides is 1. The number of benzene rings is 1. The van der Waals surface area contributed by atoms with Crippen molar-refractivity contribution in [2.45, 2.75) is 6.92 Å². The summed E-state index contributed by atoms with van der Waals surface area (Å²) in [5.41, 5.74) is 2.04. The van der Waals surface area contributed by atoms with Crippen LogP contribution >= 0.6 is 11.6 Å². The molecule has 1 N–H and O–H groups in total. The topological polar surface area (TPSA) is 61.5 Å². The molecule has 0 unspecified atom stereocenters. The summed E-state index contributed by atoms with van der Waals surface area (Å²) in [5.74, 6) is 0.612. The normalized spacial score (nSPS) is 15.1.